The predicted octanol–water partition coefficient (Wildman–Crippen LogP) is 4.91. The normalized spacial score (nSPS) is 10.4. The Hall–Kier alpha value is -3.07. The molecule has 3 aromatic rings. The molecule has 0 unspecified atom stereocenters. The molecule has 3 aromatic carbocycles. The van der Waals surface area contributed by atoms with Crippen molar-refractivity contribution in [3.05, 3.63) is 101 Å². The van der Waals surface area contributed by atoms with Crippen molar-refractivity contribution >= 4 is 5.91 Å². The number of benzene rings is 3. The zero-order valence-electron chi connectivity index (χ0n) is 15.9. The van der Waals surface area contributed by atoms with E-state index in [2.05, 4.69) is 6.07 Å². The molecule has 0 radical (unpaired) electrons. The summed E-state index contributed by atoms with van der Waals surface area (Å²) in [5.74, 6) is 0.710. The lowest BCUT2D eigenvalue weighted by atomic mass is 10.1. The van der Waals surface area contributed by atoms with Crippen LogP contribution in [0.3, 0.4) is 0 Å². The maximum absolute atomic E-state index is 12.9. The number of ether oxygens (including phenoxy) is 1. The zero-order valence-corrected chi connectivity index (χ0v) is 15.9. The van der Waals surface area contributed by atoms with E-state index < -0.39 is 0 Å². The third kappa shape index (κ3) is 5.71. The first-order valence-corrected chi connectivity index (χ1v) is 9.17. The summed E-state index contributed by atoms with van der Waals surface area (Å²) >= 11 is 0. The second kappa shape index (κ2) is 9.04. The standard InChI is InChI=1S/C24H25NO2/c1-19-13-20(2)15-23(14-19)27-18-24(26)25(16-21-9-5-3-6-10-21)17-22-11-7-4-8-12-22/h3-15H,16-18H2,1-2H3. The topological polar surface area (TPSA) is 29.5 Å². The molecular weight excluding hydrogens is 334 g/mol. The monoisotopic (exact) mass is 359 g/mol. The van der Waals surface area contributed by atoms with Gasteiger partial charge in [0.25, 0.3) is 5.91 Å². The number of nitrogens with zero attached hydrogens (tertiary/aromatic N) is 1. The van der Waals surface area contributed by atoms with Gasteiger partial charge in [0, 0.05) is 13.1 Å². The van der Waals surface area contributed by atoms with E-state index in [1.54, 1.807) is 0 Å². The highest BCUT2D eigenvalue weighted by Crippen LogP contribution is 2.17. The molecular formula is C24H25NO2. The third-order valence-electron chi connectivity index (χ3n) is 4.34. The SMILES string of the molecule is Cc1cc(C)cc(OCC(=O)N(Cc2ccccc2)Cc2ccccc2)c1. The Balaban J connectivity index is 1.71. The second-order valence-electron chi connectivity index (χ2n) is 6.83. The molecule has 0 atom stereocenters. The van der Waals surface area contributed by atoms with Crippen LogP contribution in [0.4, 0.5) is 0 Å². The van der Waals surface area contributed by atoms with Crippen LogP contribution in [0, 0.1) is 13.8 Å². The van der Waals surface area contributed by atoms with Gasteiger partial charge in [0.15, 0.2) is 6.61 Å². The van der Waals surface area contributed by atoms with Crippen molar-refractivity contribution < 1.29 is 9.53 Å². The van der Waals surface area contributed by atoms with Crippen molar-refractivity contribution in [1.82, 2.24) is 4.90 Å². The summed E-state index contributed by atoms with van der Waals surface area (Å²) in [6, 6.07) is 26.1. The highest BCUT2D eigenvalue weighted by Gasteiger charge is 2.15. The van der Waals surface area contributed by atoms with Crippen LogP contribution < -0.4 is 4.74 Å². The Morgan fingerprint density at radius 2 is 1.26 bits per heavy atom. The molecule has 0 saturated carbocycles. The van der Waals surface area contributed by atoms with Gasteiger partial charge in [-0.25, -0.2) is 0 Å². The smallest absolute Gasteiger partial charge is 0.261 e. The third-order valence-corrected chi connectivity index (χ3v) is 4.34. The van der Waals surface area contributed by atoms with Crippen molar-refractivity contribution in [2.45, 2.75) is 26.9 Å². The van der Waals surface area contributed by atoms with Crippen molar-refractivity contribution in [3.8, 4) is 5.75 Å². The first kappa shape index (κ1) is 18.7. The van der Waals surface area contributed by atoms with Gasteiger partial charge in [-0.15, -0.1) is 0 Å². The van der Waals surface area contributed by atoms with E-state index in [0.717, 1.165) is 28.0 Å². The van der Waals surface area contributed by atoms with Gasteiger partial charge in [-0.3, -0.25) is 4.79 Å². The fourth-order valence-electron chi connectivity index (χ4n) is 3.09. The van der Waals surface area contributed by atoms with Crippen molar-refractivity contribution in [1.29, 1.82) is 0 Å². The summed E-state index contributed by atoms with van der Waals surface area (Å²) in [5, 5.41) is 0. The van der Waals surface area contributed by atoms with Crippen molar-refractivity contribution in [2.24, 2.45) is 0 Å². The summed E-state index contributed by atoms with van der Waals surface area (Å²) < 4.78 is 5.79. The van der Waals surface area contributed by atoms with Gasteiger partial charge < -0.3 is 9.64 Å². The van der Waals surface area contributed by atoms with Crippen LogP contribution in [0.1, 0.15) is 22.3 Å². The molecule has 138 valence electrons. The lowest BCUT2D eigenvalue weighted by molar-refractivity contribution is -0.134. The Kier molecular flexibility index (Phi) is 6.26. The number of carbonyl (C=O) groups excluding carboxylic acids is 1. The Morgan fingerprint density at radius 3 is 1.74 bits per heavy atom. The molecule has 0 spiro atoms. The molecule has 0 aromatic heterocycles. The van der Waals surface area contributed by atoms with Gasteiger partial charge in [-0.1, -0.05) is 66.7 Å². The van der Waals surface area contributed by atoms with E-state index >= 15 is 0 Å². The van der Waals surface area contributed by atoms with Crippen LogP contribution in [0.5, 0.6) is 5.75 Å². The van der Waals surface area contributed by atoms with Crippen LogP contribution in [-0.4, -0.2) is 17.4 Å². The molecule has 3 heteroatoms. The molecule has 0 aliphatic heterocycles. The molecule has 0 aliphatic carbocycles. The predicted molar refractivity (Wildman–Crippen MR) is 109 cm³/mol. The van der Waals surface area contributed by atoms with E-state index in [1.807, 2.05) is 91.5 Å². The Labute approximate surface area is 161 Å². The molecule has 3 nitrogen and oxygen atoms in total. The summed E-state index contributed by atoms with van der Waals surface area (Å²) in [6.07, 6.45) is 0. The maximum atomic E-state index is 12.9. The van der Waals surface area contributed by atoms with Gasteiger partial charge in [0.1, 0.15) is 5.75 Å². The lowest BCUT2D eigenvalue weighted by Crippen LogP contribution is -2.34. The fourth-order valence-corrected chi connectivity index (χ4v) is 3.09. The number of hydrogen-bond donors (Lipinski definition) is 0. The molecule has 0 N–H and O–H groups in total. The molecule has 0 heterocycles. The largest absolute Gasteiger partial charge is 0.484 e. The van der Waals surface area contributed by atoms with E-state index in [4.69, 9.17) is 4.74 Å². The number of aryl methyl sites for hydroxylation is 2. The van der Waals surface area contributed by atoms with Crippen LogP contribution in [0.25, 0.3) is 0 Å². The first-order chi connectivity index (χ1) is 13.1. The fraction of sp³-hybridized carbons (Fsp3) is 0.208. The molecule has 0 fully saturated rings. The summed E-state index contributed by atoms with van der Waals surface area (Å²) in [5.41, 5.74) is 4.46. The van der Waals surface area contributed by atoms with Gasteiger partial charge in [0.05, 0.1) is 0 Å². The highest BCUT2D eigenvalue weighted by molar-refractivity contribution is 5.77. The summed E-state index contributed by atoms with van der Waals surface area (Å²) in [6.45, 7) is 5.20. The van der Waals surface area contributed by atoms with E-state index in [0.29, 0.717) is 13.1 Å². The quantitative estimate of drug-likeness (QED) is 0.600. The van der Waals surface area contributed by atoms with Crippen LogP contribution in [0.15, 0.2) is 78.9 Å². The van der Waals surface area contributed by atoms with Gasteiger partial charge in [-0.2, -0.15) is 0 Å². The van der Waals surface area contributed by atoms with Gasteiger partial charge >= 0.3 is 0 Å². The second-order valence-corrected chi connectivity index (χ2v) is 6.83. The molecule has 27 heavy (non-hydrogen) atoms. The average molecular weight is 359 g/mol. The molecule has 1 amide bonds. The van der Waals surface area contributed by atoms with Crippen LogP contribution in [-0.2, 0) is 17.9 Å². The minimum absolute atomic E-state index is 0.0261. The van der Waals surface area contributed by atoms with Crippen LogP contribution >= 0.6 is 0 Å². The van der Waals surface area contributed by atoms with Crippen LogP contribution in [0.2, 0.25) is 0 Å². The number of carbonyl (C=O) groups is 1. The Morgan fingerprint density at radius 1 is 0.778 bits per heavy atom. The molecule has 0 saturated heterocycles. The average Bonchev–Trinajstić information content (AvgIpc) is 2.66. The van der Waals surface area contributed by atoms with Crippen molar-refractivity contribution in [2.75, 3.05) is 6.61 Å². The van der Waals surface area contributed by atoms with Crippen molar-refractivity contribution in [3.63, 3.8) is 0 Å². The van der Waals surface area contributed by atoms with Gasteiger partial charge in [0.2, 0.25) is 0 Å². The van der Waals surface area contributed by atoms with E-state index in [-0.39, 0.29) is 12.5 Å². The van der Waals surface area contributed by atoms with E-state index in [9.17, 15) is 4.79 Å². The molecule has 0 aliphatic rings. The molecule has 0 bridgehead atoms. The number of hydrogen-bond acceptors (Lipinski definition) is 2. The number of amides is 1. The minimum atomic E-state index is -0.0261. The highest BCUT2D eigenvalue weighted by atomic mass is 16.5. The molecule has 3 rings (SSSR count). The summed E-state index contributed by atoms with van der Waals surface area (Å²) in [7, 11) is 0. The van der Waals surface area contributed by atoms with E-state index in [1.165, 1.54) is 0 Å². The first-order valence-electron chi connectivity index (χ1n) is 9.17. The lowest BCUT2D eigenvalue weighted by Gasteiger charge is -2.23. The Bertz CT molecular complexity index is 814. The minimum Gasteiger partial charge on any atom is -0.484 e. The summed E-state index contributed by atoms with van der Waals surface area (Å²) in [4.78, 5) is 14.7. The zero-order chi connectivity index (χ0) is 19.1. The van der Waals surface area contributed by atoms with Gasteiger partial charge in [-0.05, 0) is 48.2 Å². The maximum Gasteiger partial charge on any atom is 0.261 e. The number of rotatable bonds is 7.